The van der Waals surface area contributed by atoms with Gasteiger partial charge in [-0.1, -0.05) is 12.1 Å². The zero-order chi connectivity index (χ0) is 18.7. The Kier molecular flexibility index (Phi) is 5.76. The summed E-state index contributed by atoms with van der Waals surface area (Å²) in [6, 6.07) is 8.18. The summed E-state index contributed by atoms with van der Waals surface area (Å²) in [6.07, 6.45) is 2.24. The van der Waals surface area contributed by atoms with Gasteiger partial charge in [-0.05, 0) is 62.0 Å². The molecule has 8 heteroatoms. The lowest BCUT2D eigenvalue weighted by Crippen LogP contribution is -2.36. The number of benzene rings is 1. The first-order valence-corrected chi connectivity index (χ1v) is 10.9. The first-order valence-electron chi connectivity index (χ1n) is 8.49. The second kappa shape index (κ2) is 7.87. The van der Waals surface area contributed by atoms with Crippen LogP contribution in [-0.2, 0) is 10.0 Å². The second-order valence-electron chi connectivity index (χ2n) is 6.41. The van der Waals surface area contributed by atoms with Gasteiger partial charge in [0.05, 0.1) is 16.5 Å². The maximum Gasteiger partial charge on any atom is 0.335 e. The molecule has 2 heterocycles. The van der Waals surface area contributed by atoms with Crippen molar-refractivity contribution in [1.82, 2.24) is 9.62 Å². The standard InChI is InChI=1S/C18H22N2O4S2/c1-13-6-7-14(11-15(13)18(21)22)26(23,24)19-12-16(17-5-4-10-25-17)20-8-2-3-9-20/h4-7,10-11,16,19H,2-3,8-9,12H2,1H3,(H,21,22)/t16-/m1/s1. The first kappa shape index (κ1) is 19.0. The number of rotatable bonds is 7. The van der Waals surface area contributed by atoms with E-state index in [0.717, 1.165) is 30.8 Å². The molecule has 6 nitrogen and oxygen atoms in total. The van der Waals surface area contributed by atoms with Crippen LogP contribution in [0.15, 0.2) is 40.6 Å². The highest BCUT2D eigenvalue weighted by molar-refractivity contribution is 7.89. The number of carboxylic acids is 1. The molecular formula is C18H22N2O4S2. The third-order valence-corrected chi connectivity index (χ3v) is 7.06. The van der Waals surface area contributed by atoms with Crippen molar-refractivity contribution in [3.63, 3.8) is 0 Å². The van der Waals surface area contributed by atoms with E-state index in [1.54, 1.807) is 18.3 Å². The van der Waals surface area contributed by atoms with Crippen LogP contribution in [0.2, 0.25) is 0 Å². The second-order valence-corrected chi connectivity index (χ2v) is 9.15. The van der Waals surface area contributed by atoms with Gasteiger partial charge in [0.2, 0.25) is 10.0 Å². The van der Waals surface area contributed by atoms with Crippen molar-refractivity contribution in [2.75, 3.05) is 19.6 Å². The molecule has 140 valence electrons. The molecule has 0 unspecified atom stereocenters. The molecule has 0 bridgehead atoms. The summed E-state index contributed by atoms with van der Waals surface area (Å²) in [5.41, 5.74) is 0.534. The number of sulfonamides is 1. The number of aromatic carboxylic acids is 1. The predicted octanol–water partition coefficient (Wildman–Crippen LogP) is 2.87. The summed E-state index contributed by atoms with van der Waals surface area (Å²) in [5, 5.41) is 11.2. The van der Waals surface area contributed by atoms with Crippen LogP contribution in [0.25, 0.3) is 0 Å². The van der Waals surface area contributed by atoms with E-state index in [1.807, 2.05) is 17.5 Å². The van der Waals surface area contributed by atoms with Crippen LogP contribution in [0.1, 0.15) is 39.7 Å². The summed E-state index contributed by atoms with van der Waals surface area (Å²) in [4.78, 5) is 14.7. The van der Waals surface area contributed by atoms with E-state index < -0.39 is 16.0 Å². The largest absolute Gasteiger partial charge is 0.478 e. The van der Waals surface area contributed by atoms with Crippen LogP contribution < -0.4 is 4.72 Å². The molecule has 1 fully saturated rings. The number of carbonyl (C=O) groups is 1. The number of carboxylic acid groups (broad SMARTS) is 1. The lowest BCUT2D eigenvalue weighted by Gasteiger charge is -2.26. The maximum atomic E-state index is 12.7. The first-order chi connectivity index (χ1) is 12.4. The van der Waals surface area contributed by atoms with E-state index in [0.29, 0.717) is 5.56 Å². The zero-order valence-corrected chi connectivity index (χ0v) is 16.1. The van der Waals surface area contributed by atoms with Crippen LogP contribution in [0, 0.1) is 6.92 Å². The molecule has 1 aliphatic heterocycles. The molecule has 26 heavy (non-hydrogen) atoms. The summed E-state index contributed by atoms with van der Waals surface area (Å²) in [5.74, 6) is -1.13. The van der Waals surface area contributed by atoms with Gasteiger partial charge in [-0.2, -0.15) is 0 Å². The van der Waals surface area contributed by atoms with E-state index in [-0.39, 0.29) is 23.0 Å². The van der Waals surface area contributed by atoms with E-state index >= 15 is 0 Å². The normalized spacial score (nSPS) is 16.7. The number of aryl methyl sites for hydroxylation is 1. The van der Waals surface area contributed by atoms with Gasteiger partial charge in [0.25, 0.3) is 0 Å². The third-order valence-electron chi connectivity index (χ3n) is 4.67. The minimum Gasteiger partial charge on any atom is -0.478 e. The molecule has 1 atom stereocenters. The van der Waals surface area contributed by atoms with Gasteiger partial charge >= 0.3 is 5.97 Å². The number of hydrogen-bond acceptors (Lipinski definition) is 5. The minimum absolute atomic E-state index is 0.00206. The van der Waals surface area contributed by atoms with Crippen molar-refractivity contribution in [2.24, 2.45) is 0 Å². The van der Waals surface area contributed by atoms with Crippen LogP contribution in [0.3, 0.4) is 0 Å². The smallest absolute Gasteiger partial charge is 0.335 e. The molecule has 0 aliphatic carbocycles. The molecule has 0 saturated carbocycles. The monoisotopic (exact) mass is 394 g/mol. The van der Waals surface area contributed by atoms with E-state index in [4.69, 9.17) is 0 Å². The lowest BCUT2D eigenvalue weighted by molar-refractivity contribution is 0.0696. The fraction of sp³-hybridized carbons (Fsp3) is 0.389. The van der Waals surface area contributed by atoms with Crippen LogP contribution in [0.5, 0.6) is 0 Å². The summed E-state index contributed by atoms with van der Waals surface area (Å²) >= 11 is 1.62. The van der Waals surface area contributed by atoms with E-state index in [1.165, 1.54) is 18.2 Å². The van der Waals surface area contributed by atoms with Gasteiger partial charge in [0.1, 0.15) is 0 Å². The van der Waals surface area contributed by atoms with E-state index in [2.05, 4.69) is 9.62 Å². The number of likely N-dealkylation sites (tertiary alicyclic amines) is 1. The number of thiophene rings is 1. The molecule has 2 N–H and O–H groups in total. The Morgan fingerprint density at radius 2 is 2.04 bits per heavy atom. The van der Waals surface area contributed by atoms with Gasteiger partial charge < -0.3 is 5.11 Å². The van der Waals surface area contributed by atoms with Crippen molar-refractivity contribution in [2.45, 2.75) is 30.7 Å². The molecule has 1 aromatic heterocycles. The van der Waals surface area contributed by atoms with Crippen molar-refractivity contribution in [3.05, 3.63) is 51.7 Å². The molecular weight excluding hydrogens is 372 g/mol. The number of nitrogens with zero attached hydrogens (tertiary/aromatic N) is 1. The Morgan fingerprint density at radius 1 is 1.31 bits per heavy atom. The number of nitrogens with one attached hydrogen (secondary N) is 1. The van der Waals surface area contributed by atoms with Crippen molar-refractivity contribution >= 4 is 27.3 Å². The Balaban J connectivity index is 1.80. The van der Waals surface area contributed by atoms with Gasteiger partial charge in [-0.3, -0.25) is 4.90 Å². The van der Waals surface area contributed by atoms with Crippen molar-refractivity contribution < 1.29 is 18.3 Å². The molecule has 2 aromatic rings. The average Bonchev–Trinajstić information content (AvgIpc) is 3.29. The summed E-state index contributed by atoms with van der Waals surface area (Å²) in [7, 11) is -3.78. The zero-order valence-electron chi connectivity index (χ0n) is 14.5. The molecule has 0 radical (unpaired) electrons. The third kappa shape index (κ3) is 4.15. The summed E-state index contributed by atoms with van der Waals surface area (Å²) < 4.78 is 28.0. The number of hydrogen-bond donors (Lipinski definition) is 2. The molecule has 1 aliphatic rings. The quantitative estimate of drug-likeness (QED) is 0.754. The van der Waals surface area contributed by atoms with Crippen LogP contribution in [-0.4, -0.2) is 44.0 Å². The SMILES string of the molecule is Cc1ccc(S(=O)(=O)NC[C@H](c2cccs2)N2CCCC2)cc1C(=O)O. The molecule has 0 amide bonds. The van der Waals surface area contributed by atoms with Crippen molar-refractivity contribution in [1.29, 1.82) is 0 Å². The van der Waals surface area contributed by atoms with Gasteiger partial charge in [-0.15, -0.1) is 11.3 Å². The Bertz CT molecular complexity index is 873. The van der Waals surface area contributed by atoms with Crippen LogP contribution >= 0.6 is 11.3 Å². The Hall–Kier alpha value is -1.74. The topological polar surface area (TPSA) is 86.7 Å². The highest BCUT2D eigenvalue weighted by atomic mass is 32.2. The fourth-order valence-electron chi connectivity index (χ4n) is 3.21. The molecule has 0 spiro atoms. The molecule has 1 aromatic carbocycles. The highest BCUT2D eigenvalue weighted by Gasteiger charge is 2.26. The Morgan fingerprint density at radius 3 is 2.65 bits per heavy atom. The van der Waals surface area contributed by atoms with Gasteiger partial charge in [-0.25, -0.2) is 17.9 Å². The lowest BCUT2D eigenvalue weighted by atomic mass is 10.1. The predicted molar refractivity (Wildman–Crippen MR) is 101 cm³/mol. The maximum absolute atomic E-state index is 12.7. The fourth-order valence-corrected chi connectivity index (χ4v) is 5.14. The Labute approximate surface area is 157 Å². The molecule has 3 rings (SSSR count). The highest BCUT2D eigenvalue weighted by Crippen LogP contribution is 2.28. The minimum atomic E-state index is -3.78. The van der Waals surface area contributed by atoms with Gasteiger partial charge in [0, 0.05) is 11.4 Å². The average molecular weight is 395 g/mol. The summed E-state index contributed by atoms with van der Waals surface area (Å²) in [6.45, 7) is 3.82. The van der Waals surface area contributed by atoms with Gasteiger partial charge in [0.15, 0.2) is 0 Å². The molecule has 1 saturated heterocycles. The van der Waals surface area contributed by atoms with E-state index in [9.17, 15) is 18.3 Å². The van der Waals surface area contributed by atoms with Crippen LogP contribution in [0.4, 0.5) is 0 Å². The van der Waals surface area contributed by atoms with Crippen molar-refractivity contribution in [3.8, 4) is 0 Å².